The summed E-state index contributed by atoms with van der Waals surface area (Å²) in [5, 5.41) is 0. The molecule has 100 valence electrons. The summed E-state index contributed by atoms with van der Waals surface area (Å²) < 4.78 is 17.0. The molecule has 4 heteroatoms. The lowest BCUT2D eigenvalue weighted by Gasteiger charge is -2.16. The van der Waals surface area contributed by atoms with Crippen LogP contribution in [0.1, 0.15) is 40.5 Å². The molecule has 1 saturated carbocycles. The van der Waals surface area contributed by atoms with E-state index in [0.29, 0.717) is 23.6 Å². The van der Waals surface area contributed by atoms with Crippen molar-refractivity contribution in [3.63, 3.8) is 0 Å². The van der Waals surface area contributed by atoms with Crippen LogP contribution in [0.4, 0.5) is 0 Å². The molecule has 2 rings (SSSR count). The summed E-state index contributed by atoms with van der Waals surface area (Å²) >= 11 is 0. The number of nitrogens with zero attached hydrogens (tertiary/aromatic N) is 1. The lowest BCUT2D eigenvalue weighted by atomic mass is 10.4. The van der Waals surface area contributed by atoms with Gasteiger partial charge in [-0.2, -0.15) is 4.98 Å². The maximum absolute atomic E-state index is 5.77. The van der Waals surface area contributed by atoms with E-state index in [1.54, 1.807) is 0 Å². The standard InChI is InChI=1S/C14H21NO3/c1-9(2)16-13-8-7-12(18-11-5-6-11)14(15-13)17-10(3)4/h7-11H,5-6H2,1-4H3. The molecule has 1 fully saturated rings. The van der Waals surface area contributed by atoms with Crippen LogP contribution < -0.4 is 14.2 Å². The fourth-order valence-electron chi connectivity index (χ4n) is 1.48. The van der Waals surface area contributed by atoms with Crippen LogP contribution in [0.15, 0.2) is 12.1 Å². The summed E-state index contributed by atoms with van der Waals surface area (Å²) in [6, 6.07) is 3.70. The van der Waals surface area contributed by atoms with E-state index in [2.05, 4.69) is 4.98 Å². The summed E-state index contributed by atoms with van der Waals surface area (Å²) in [5.74, 6) is 1.81. The van der Waals surface area contributed by atoms with Crippen molar-refractivity contribution in [3.8, 4) is 17.5 Å². The first kappa shape index (κ1) is 13.0. The second-order valence-corrected chi connectivity index (χ2v) is 5.10. The minimum Gasteiger partial charge on any atom is -0.485 e. The number of pyridine rings is 1. The number of aromatic nitrogens is 1. The molecule has 1 aliphatic rings. The SMILES string of the molecule is CC(C)Oc1ccc(OC2CC2)c(OC(C)C)n1. The molecular formula is C14H21NO3. The van der Waals surface area contributed by atoms with Crippen LogP contribution in [0.25, 0.3) is 0 Å². The third kappa shape index (κ3) is 3.79. The lowest BCUT2D eigenvalue weighted by Crippen LogP contribution is -2.11. The van der Waals surface area contributed by atoms with Crippen molar-refractivity contribution in [1.82, 2.24) is 4.98 Å². The monoisotopic (exact) mass is 251 g/mol. The molecule has 1 aromatic rings. The molecule has 0 amide bonds. The Balaban J connectivity index is 2.16. The van der Waals surface area contributed by atoms with Crippen LogP contribution >= 0.6 is 0 Å². The van der Waals surface area contributed by atoms with Gasteiger partial charge in [-0.1, -0.05) is 0 Å². The summed E-state index contributed by atoms with van der Waals surface area (Å²) in [5.41, 5.74) is 0. The molecule has 0 aromatic carbocycles. The molecule has 0 bridgehead atoms. The molecule has 1 aliphatic carbocycles. The van der Waals surface area contributed by atoms with Crippen molar-refractivity contribution in [2.75, 3.05) is 0 Å². The van der Waals surface area contributed by atoms with Crippen LogP contribution in [0.3, 0.4) is 0 Å². The Morgan fingerprint density at radius 3 is 2.28 bits per heavy atom. The molecule has 0 atom stereocenters. The van der Waals surface area contributed by atoms with Gasteiger partial charge in [0.05, 0.1) is 18.3 Å². The van der Waals surface area contributed by atoms with E-state index in [1.807, 2.05) is 39.8 Å². The Hall–Kier alpha value is -1.45. The van der Waals surface area contributed by atoms with Gasteiger partial charge in [-0.3, -0.25) is 0 Å². The molecule has 18 heavy (non-hydrogen) atoms. The van der Waals surface area contributed by atoms with Gasteiger partial charge in [-0.05, 0) is 46.6 Å². The van der Waals surface area contributed by atoms with E-state index in [4.69, 9.17) is 14.2 Å². The van der Waals surface area contributed by atoms with Crippen molar-refractivity contribution in [3.05, 3.63) is 12.1 Å². The molecule has 0 spiro atoms. The second-order valence-electron chi connectivity index (χ2n) is 5.10. The fraction of sp³-hybridized carbons (Fsp3) is 0.643. The summed E-state index contributed by atoms with van der Waals surface area (Å²) in [7, 11) is 0. The quantitative estimate of drug-likeness (QED) is 0.778. The van der Waals surface area contributed by atoms with E-state index in [0.717, 1.165) is 12.8 Å². The first-order chi connectivity index (χ1) is 8.54. The molecule has 1 heterocycles. The van der Waals surface area contributed by atoms with Gasteiger partial charge in [0, 0.05) is 6.07 Å². The topological polar surface area (TPSA) is 40.6 Å². The maximum Gasteiger partial charge on any atom is 0.260 e. The van der Waals surface area contributed by atoms with E-state index in [-0.39, 0.29) is 12.2 Å². The van der Waals surface area contributed by atoms with Gasteiger partial charge >= 0.3 is 0 Å². The van der Waals surface area contributed by atoms with E-state index >= 15 is 0 Å². The molecule has 0 aliphatic heterocycles. The van der Waals surface area contributed by atoms with Gasteiger partial charge in [0.2, 0.25) is 5.88 Å². The van der Waals surface area contributed by atoms with Crippen molar-refractivity contribution in [2.24, 2.45) is 0 Å². The van der Waals surface area contributed by atoms with Crippen molar-refractivity contribution < 1.29 is 14.2 Å². The van der Waals surface area contributed by atoms with Gasteiger partial charge < -0.3 is 14.2 Å². The molecular weight excluding hydrogens is 230 g/mol. The highest BCUT2D eigenvalue weighted by Crippen LogP contribution is 2.34. The smallest absolute Gasteiger partial charge is 0.260 e. The van der Waals surface area contributed by atoms with Crippen molar-refractivity contribution in [1.29, 1.82) is 0 Å². The number of rotatable bonds is 6. The van der Waals surface area contributed by atoms with E-state index < -0.39 is 0 Å². The van der Waals surface area contributed by atoms with Gasteiger partial charge in [0.25, 0.3) is 5.88 Å². The van der Waals surface area contributed by atoms with Crippen molar-refractivity contribution >= 4 is 0 Å². The third-order valence-electron chi connectivity index (χ3n) is 2.32. The van der Waals surface area contributed by atoms with Gasteiger partial charge in [0.1, 0.15) is 0 Å². The fourth-order valence-corrected chi connectivity index (χ4v) is 1.48. The second kappa shape index (κ2) is 5.46. The number of hydrogen-bond donors (Lipinski definition) is 0. The Kier molecular flexibility index (Phi) is 3.94. The number of ether oxygens (including phenoxy) is 3. The molecule has 4 nitrogen and oxygen atoms in total. The van der Waals surface area contributed by atoms with Crippen LogP contribution in [0.2, 0.25) is 0 Å². The van der Waals surface area contributed by atoms with Gasteiger partial charge in [0.15, 0.2) is 5.75 Å². The number of hydrogen-bond acceptors (Lipinski definition) is 4. The molecule has 0 radical (unpaired) electrons. The highest BCUT2D eigenvalue weighted by atomic mass is 16.5. The highest BCUT2D eigenvalue weighted by Gasteiger charge is 2.25. The lowest BCUT2D eigenvalue weighted by molar-refractivity contribution is 0.195. The van der Waals surface area contributed by atoms with E-state index in [9.17, 15) is 0 Å². The molecule has 1 aromatic heterocycles. The third-order valence-corrected chi connectivity index (χ3v) is 2.32. The predicted octanol–water partition coefficient (Wildman–Crippen LogP) is 3.20. The van der Waals surface area contributed by atoms with Crippen LogP contribution in [0, 0.1) is 0 Å². The van der Waals surface area contributed by atoms with Crippen LogP contribution in [-0.2, 0) is 0 Å². The van der Waals surface area contributed by atoms with Gasteiger partial charge in [-0.25, -0.2) is 0 Å². The molecule has 0 unspecified atom stereocenters. The zero-order valence-electron chi connectivity index (χ0n) is 11.5. The van der Waals surface area contributed by atoms with Crippen molar-refractivity contribution in [2.45, 2.75) is 58.8 Å². The predicted molar refractivity (Wildman–Crippen MR) is 69.4 cm³/mol. The largest absolute Gasteiger partial charge is 0.485 e. The average Bonchev–Trinajstić information content (AvgIpc) is 3.04. The zero-order chi connectivity index (χ0) is 13.1. The first-order valence-corrected chi connectivity index (χ1v) is 6.55. The summed E-state index contributed by atoms with van der Waals surface area (Å²) in [4.78, 5) is 4.36. The Morgan fingerprint density at radius 1 is 1.06 bits per heavy atom. The summed E-state index contributed by atoms with van der Waals surface area (Å²) in [6.07, 6.45) is 2.72. The zero-order valence-corrected chi connectivity index (χ0v) is 11.5. The molecule has 0 saturated heterocycles. The Labute approximate surface area is 108 Å². The average molecular weight is 251 g/mol. The summed E-state index contributed by atoms with van der Waals surface area (Å²) in [6.45, 7) is 7.88. The van der Waals surface area contributed by atoms with Gasteiger partial charge in [-0.15, -0.1) is 0 Å². The van der Waals surface area contributed by atoms with Crippen LogP contribution in [0.5, 0.6) is 17.5 Å². The maximum atomic E-state index is 5.77. The first-order valence-electron chi connectivity index (χ1n) is 6.55. The minimum absolute atomic E-state index is 0.0633. The minimum atomic E-state index is 0.0633. The molecule has 0 N–H and O–H groups in total. The van der Waals surface area contributed by atoms with E-state index in [1.165, 1.54) is 0 Å². The Morgan fingerprint density at radius 2 is 1.72 bits per heavy atom. The highest BCUT2D eigenvalue weighted by molar-refractivity contribution is 5.37. The Bertz CT molecular complexity index is 400. The normalized spacial score (nSPS) is 15.0. The van der Waals surface area contributed by atoms with Crippen LogP contribution in [-0.4, -0.2) is 23.3 Å².